The van der Waals surface area contributed by atoms with Gasteiger partial charge in [0.25, 0.3) is 11.8 Å². The van der Waals surface area contributed by atoms with Gasteiger partial charge >= 0.3 is 0 Å². The van der Waals surface area contributed by atoms with Gasteiger partial charge in [-0.1, -0.05) is 0 Å². The van der Waals surface area contributed by atoms with Crippen molar-refractivity contribution in [3.8, 4) is 11.5 Å². The van der Waals surface area contributed by atoms with Crippen molar-refractivity contribution in [2.75, 3.05) is 57.1 Å². The molecule has 1 heterocycles. The monoisotopic (exact) mass is 504 g/mol. The van der Waals surface area contributed by atoms with Gasteiger partial charge < -0.3 is 19.1 Å². The Morgan fingerprint density at radius 1 is 1.09 bits per heavy atom. The number of morpholine rings is 1. The van der Waals surface area contributed by atoms with Gasteiger partial charge in [0.05, 0.1) is 38.5 Å². The largest absolute Gasteiger partial charge is 0.497 e. The highest BCUT2D eigenvalue weighted by Gasteiger charge is 2.21. The van der Waals surface area contributed by atoms with Crippen LogP contribution in [0.3, 0.4) is 0 Å². The molecule has 1 N–H and O–H groups in total. The van der Waals surface area contributed by atoms with Crippen LogP contribution >= 0.6 is 0 Å². The maximum atomic E-state index is 12.3. The zero-order chi connectivity index (χ0) is 25.3. The number of anilines is 1. The van der Waals surface area contributed by atoms with Crippen LogP contribution in [-0.2, 0) is 24.3 Å². The highest BCUT2D eigenvalue weighted by molar-refractivity contribution is 7.92. The Morgan fingerprint density at radius 3 is 2.31 bits per heavy atom. The fourth-order valence-electron chi connectivity index (χ4n) is 3.19. The van der Waals surface area contributed by atoms with E-state index in [1.165, 1.54) is 13.3 Å². The molecule has 12 heteroatoms. The number of sulfonamides is 1. The number of hydrogen-bond acceptors (Lipinski definition) is 8. The van der Waals surface area contributed by atoms with Crippen molar-refractivity contribution in [3.05, 3.63) is 54.1 Å². The van der Waals surface area contributed by atoms with Crippen LogP contribution in [-0.4, -0.2) is 84.2 Å². The van der Waals surface area contributed by atoms with E-state index in [0.717, 1.165) is 10.6 Å². The molecule has 2 amide bonds. The quantitative estimate of drug-likeness (QED) is 0.375. The van der Waals surface area contributed by atoms with Crippen LogP contribution in [0.25, 0.3) is 0 Å². The molecule has 2 aromatic rings. The fourth-order valence-corrected chi connectivity index (χ4v) is 4.05. The first kappa shape index (κ1) is 26.0. The summed E-state index contributed by atoms with van der Waals surface area (Å²) in [6, 6.07) is 13.1. The molecule has 35 heavy (non-hydrogen) atoms. The number of methoxy groups -OCH3 is 1. The Labute approximate surface area is 204 Å². The van der Waals surface area contributed by atoms with Crippen LogP contribution in [0.5, 0.6) is 11.5 Å². The molecule has 0 aromatic heterocycles. The summed E-state index contributed by atoms with van der Waals surface area (Å²) in [5, 5.41) is 3.88. The molecule has 0 bridgehead atoms. The van der Waals surface area contributed by atoms with Gasteiger partial charge in [0.1, 0.15) is 18.0 Å². The lowest BCUT2D eigenvalue weighted by Gasteiger charge is -2.26. The minimum absolute atomic E-state index is 0.0610. The second-order valence-electron chi connectivity index (χ2n) is 7.61. The SMILES string of the molecule is COc1ccc(N(CC(=O)N/N=C\c2ccc(OCC(=O)N3CCOCC3)cc2)S(C)(=O)=O)cc1. The van der Waals surface area contributed by atoms with E-state index in [4.69, 9.17) is 14.2 Å². The number of carbonyl (C=O) groups excluding carboxylic acids is 2. The third-order valence-electron chi connectivity index (χ3n) is 5.06. The molecule has 0 aliphatic carbocycles. The molecular weight excluding hydrogens is 476 g/mol. The number of rotatable bonds is 10. The molecule has 3 rings (SSSR count). The van der Waals surface area contributed by atoms with Crippen molar-refractivity contribution in [2.24, 2.45) is 5.10 Å². The number of amides is 2. The normalized spacial score (nSPS) is 13.9. The minimum atomic E-state index is -3.70. The Bertz CT molecular complexity index is 1130. The molecule has 2 aromatic carbocycles. The van der Waals surface area contributed by atoms with E-state index in [2.05, 4.69) is 10.5 Å². The second-order valence-corrected chi connectivity index (χ2v) is 9.52. The van der Waals surface area contributed by atoms with Gasteiger partial charge in [-0.15, -0.1) is 0 Å². The summed E-state index contributed by atoms with van der Waals surface area (Å²) >= 11 is 0. The third-order valence-corrected chi connectivity index (χ3v) is 6.20. The second kappa shape index (κ2) is 12.2. The summed E-state index contributed by atoms with van der Waals surface area (Å²) < 4.78 is 41.1. The molecule has 0 spiro atoms. The number of carbonyl (C=O) groups is 2. The van der Waals surface area contributed by atoms with Gasteiger partial charge in [-0.25, -0.2) is 13.8 Å². The van der Waals surface area contributed by atoms with E-state index in [1.807, 2.05) is 0 Å². The molecule has 188 valence electrons. The van der Waals surface area contributed by atoms with E-state index in [0.29, 0.717) is 49.1 Å². The zero-order valence-corrected chi connectivity index (χ0v) is 20.4. The Hall–Kier alpha value is -3.64. The molecule has 11 nitrogen and oxygen atoms in total. The average molecular weight is 505 g/mol. The zero-order valence-electron chi connectivity index (χ0n) is 19.5. The van der Waals surface area contributed by atoms with Crippen molar-refractivity contribution in [3.63, 3.8) is 0 Å². The summed E-state index contributed by atoms with van der Waals surface area (Å²) in [5.41, 5.74) is 3.33. The van der Waals surface area contributed by atoms with Crippen molar-refractivity contribution in [2.45, 2.75) is 0 Å². The third kappa shape index (κ3) is 7.97. The number of benzene rings is 2. The number of nitrogens with zero attached hydrogens (tertiary/aromatic N) is 3. The lowest BCUT2D eigenvalue weighted by atomic mass is 10.2. The lowest BCUT2D eigenvalue weighted by molar-refractivity contribution is -0.137. The van der Waals surface area contributed by atoms with Crippen LogP contribution in [0.1, 0.15) is 5.56 Å². The number of ether oxygens (including phenoxy) is 3. The molecule has 0 saturated carbocycles. The van der Waals surface area contributed by atoms with Crippen molar-refractivity contribution < 1.29 is 32.2 Å². The molecule has 1 aliphatic heterocycles. The molecule has 1 aliphatic rings. The van der Waals surface area contributed by atoms with Gasteiger partial charge in [-0.2, -0.15) is 5.10 Å². The molecule has 0 atom stereocenters. The Balaban J connectivity index is 1.50. The number of hydrogen-bond donors (Lipinski definition) is 1. The van der Waals surface area contributed by atoms with Crippen LogP contribution < -0.4 is 19.2 Å². The molecule has 1 saturated heterocycles. The van der Waals surface area contributed by atoms with Crippen LogP contribution in [0.2, 0.25) is 0 Å². The standard InChI is InChI=1S/C23H28N4O7S/c1-32-20-9-5-19(6-10-20)27(35(2,30)31)16-22(28)25-24-15-18-3-7-21(8-4-18)34-17-23(29)26-11-13-33-14-12-26/h3-10,15H,11-14,16-17H2,1-2H3,(H,25,28)/b24-15-. The van der Waals surface area contributed by atoms with Gasteiger partial charge in [0.2, 0.25) is 10.0 Å². The summed E-state index contributed by atoms with van der Waals surface area (Å²) in [7, 11) is -2.20. The van der Waals surface area contributed by atoms with E-state index < -0.39 is 22.5 Å². The van der Waals surface area contributed by atoms with Gasteiger partial charge in [0, 0.05) is 13.1 Å². The topological polar surface area (TPSA) is 127 Å². The fraction of sp³-hybridized carbons (Fsp3) is 0.348. The first-order chi connectivity index (χ1) is 16.8. The molecule has 0 unspecified atom stereocenters. The van der Waals surface area contributed by atoms with E-state index in [-0.39, 0.29) is 12.5 Å². The molecular formula is C23H28N4O7S. The van der Waals surface area contributed by atoms with Crippen molar-refractivity contribution in [1.82, 2.24) is 10.3 Å². The number of hydrazone groups is 1. The summed E-state index contributed by atoms with van der Waals surface area (Å²) in [4.78, 5) is 26.1. The van der Waals surface area contributed by atoms with Crippen molar-refractivity contribution >= 4 is 33.7 Å². The first-order valence-corrected chi connectivity index (χ1v) is 12.6. The first-order valence-electron chi connectivity index (χ1n) is 10.8. The molecule has 0 radical (unpaired) electrons. The number of nitrogens with one attached hydrogen (secondary N) is 1. The maximum Gasteiger partial charge on any atom is 0.260 e. The molecule has 1 fully saturated rings. The average Bonchev–Trinajstić information content (AvgIpc) is 2.86. The van der Waals surface area contributed by atoms with E-state index >= 15 is 0 Å². The highest BCUT2D eigenvalue weighted by Crippen LogP contribution is 2.21. The van der Waals surface area contributed by atoms with Gasteiger partial charge in [-0.05, 0) is 54.1 Å². The summed E-state index contributed by atoms with van der Waals surface area (Å²) in [6.07, 6.45) is 2.44. The van der Waals surface area contributed by atoms with E-state index in [9.17, 15) is 18.0 Å². The Morgan fingerprint density at radius 2 is 1.71 bits per heavy atom. The smallest absolute Gasteiger partial charge is 0.260 e. The van der Waals surface area contributed by atoms with Crippen LogP contribution in [0, 0.1) is 0 Å². The Kier molecular flexibility index (Phi) is 9.04. The lowest BCUT2D eigenvalue weighted by Crippen LogP contribution is -2.42. The highest BCUT2D eigenvalue weighted by atomic mass is 32.2. The van der Waals surface area contributed by atoms with E-state index in [1.54, 1.807) is 53.4 Å². The maximum absolute atomic E-state index is 12.3. The van der Waals surface area contributed by atoms with Crippen molar-refractivity contribution in [1.29, 1.82) is 0 Å². The van der Waals surface area contributed by atoms with Crippen LogP contribution in [0.4, 0.5) is 5.69 Å². The minimum Gasteiger partial charge on any atom is -0.497 e. The summed E-state index contributed by atoms with van der Waals surface area (Å²) in [5.74, 6) is 0.385. The predicted molar refractivity (Wildman–Crippen MR) is 130 cm³/mol. The van der Waals surface area contributed by atoms with Crippen LogP contribution in [0.15, 0.2) is 53.6 Å². The summed E-state index contributed by atoms with van der Waals surface area (Å²) in [6.45, 7) is 1.69. The predicted octanol–water partition coefficient (Wildman–Crippen LogP) is 0.849. The van der Waals surface area contributed by atoms with Gasteiger partial charge in [-0.3, -0.25) is 13.9 Å². The van der Waals surface area contributed by atoms with Gasteiger partial charge in [0.15, 0.2) is 6.61 Å².